The number of ketones is 2. The Morgan fingerprint density at radius 2 is 1.12 bits per heavy atom. The van der Waals surface area contributed by atoms with Gasteiger partial charge in [0.2, 0.25) is 15.8 Å². The van der Waals surface area contributed by atoms with Gasteiger partial charge in [-0.25, -0.2) is 18.1 Å². The summed E-state index contributed by atoms with van der Waals surface area (Å²) >= 11 is 2.54. The van der Waals surface area contributed by atoms with Gasteiger partial charge in [0.05, 0.1) is 10.9 Å². The van der Waals surface area contributed by atoms with Crippen molar-refractivity contribution in [3.05, 3.63) is 77.7 Å². The molecule has 0 amide bonds. The molecule has 2 unspecified atom stereocenters. The molecule has 0 saturated heterocycles. The van der Waals surface area contributed by atoms with E-state index >= 15 is 0 Å². The fraction of sp³-hybridized carbons (Fsp3) is 0.574. The Hall–Kier alpha value is -3.47. The Morgan fingerprint density at radius 1 is 0.691 bits per heavy atom. The second-order valence-electron chi connectivity index (χ2n) is 18.7. The number of thiazole rings is 2. The maximum atomic E-state index is 13.3. The molecular formula is C47H68BClN6O9S4. The molecule has 68 heavy (non-hydrogen) atoms. The zero-order valence-corrected chi connectivity index (χ0v) is 45.0. The second kappa shape index (κ2) is 24.1. The number of aromatic nitrogens is 2. The van der Waals surface area contributed by atoms with E-state index in [1.165, 1.54) is 22.7 Å². The Bertz CT molecular complexity index is 2640. The molecule has 0 aliphatic carbocycles. The van der Waals surface area contributed by atoms with Crippen LogP contribution in [-0.2, 0) is 37.6 Å². The number of carbonyl (C=O) groups is 2. The van der Waals surface area contributed by atoms with Crippen molar-refractivity contribution in [2.75, 3.05) is 19.5 Å². The minimum atomic E-state index is -3.72. The number of unbranched alkanes of at least 4 members (excludes halogenated alkanes) is 2. The smallest absolute Gasteiger partial charge is 0.487 e. The standard InChI is InChI=1S/C24H34BN3O5S2.C23H33N3O4S2.ClH/c1-15-16(2)22(17(3)18-9-10-24(4,5)33-21(15)18)35(31,32)28-11-7-6-8-19(27-14-25-30)20(29)23-26-12-13-34-23;1-14-15(2)21(16(3)17-9-10-23(4,5)30-20(14)17)32(28,29)26-11-7-6-8-18(24)19(27)22-25-12-13-31-22;/h12-13,19,27-28H,6-11,14H2,1-5H3;12-13,18,26H,6-11,24H2,1-5H3;1H. The molecule has 0 spiro atoms. The Morgan fingerprint density at radius 3 is 1.53 bits per heavy atom. The fourth-order valence-corrected chi connectivity index (χ4v) is 13.2. The topological polar surface area (TPSA) is 226 Å². The Kier molecular flexibility index (Phi) is 20.2. The average Bonchev–Trinajstić information content (AvgIpc) is 4.01. The molecular weight excluding hydrogens is 967 g/mol. The van der Waals surface area contributed by atoms with Crippen LogP contribution in [0.25, 0.3) is 0 Å². The van der Waals surface area contributed by atoms with Gasteiger partial charge in [-0.2, -0.15) is 0 Å². The number of nitrogens with one attached hydrogen (secondary N) is 3. The SMILES string of the molecule is Cc1c(C)c(S(=O)(=O)NCCCCC(N)C(=O)c2nccs2)c(C)c2c1OC(C)(C)CC2.Cc1c(C)c(S(=O)(=O)NCCCCC(NCB=O)C(=O)c2nccs2)c(C)c2c1OC(C)(C)CC2.Cl. The van der Waals surface area contributed by atoms with E-state index in [1.807, 2.05) is 41.5 Å². The van der Waals surface area contributed by atoms with Gasteiger partial charge in [-0.05, 0) is 116 Å². The molecule has 5 N–H and O–H groups in total. The zero-order chi connectivity index (χ0) is 49.5. The van der Waals surface area contributed by atoms with Crippen LogP contribution in [-0.4, -0.2) is 88.3 Å². The fourth-order valence-electron chi connectivity index (χ4n) is 8.67. The molecule has 2 aliphatic rings. The number of rotatable bonds is 21. The number of hydrogen-bond acceptors (Lipinski definition) is 15. The van der Waals surface area contributed by atoms with Gasteiger partial charge >= 0.3 is 163 Å². The summed E-state index contributed by atoms with van der Waals surface area (Å²) in [5, 5.41) is 7.24. The maximum absolute atomic E-state index is 13.3. The van der Waals surface area contributed by atoms with Crippen molar-refractivity contribution in [1.29, 1.82) is 0 Å². The molecule has 4 aromatic rings. The van der Waals surface area contributed by atoms with E-state index in [9.17, 15) is 31.1 Å². The van der Waals surface area contributed by atoms with E-state index in [4.69, 9.17) is 15.2 Å². The summed E-state index contributed by atoms with van der Waals surface area (Å²) in [6, 6.07) is -1.14. The third-order valence-electron chi connectivity index (χ3n) is 12.7. The van der Waals surface area contributed by atoms with Crippen molar-refractivity contribution in [1.82, 2.24) is 24.7 Å². The summed E-state index contributed by atoms with van der Waals surface area (Å²) < 4.78 is 81.5. The van der Waals surface area contributed by atoms with Gasteiger partial charge in [0.25, 0.3) is 0 Å². The minimum Gasteiger partial charge on any atom is -0.487 e. The van der Waals surface area contributed by atoms with Crippen molar-refractivity contribution in [2.45, 2.75) is 167 Å². The van der Waals surface area contributed by atoms with Gasteiger partial charge in [0, 0.05) is 18.1 Å². The molecule has 21 heteroatoms. The van der Waals surface area contributed by atoms with Gasteiger partial charge in [-0.1, -0.05) is 6.42 Å². The quantitative estimate of drug-likeness (QED) is 0.0357. The number of ether oxygens (including phenoxy) is 2. The third kappa shape index (κ3) is 13.9. The summed E-state index contributed by atoms with van der Waals surface area (Å²) in [6.45, 7) is 20.0. The van der Waals surface area contributed by atoms with Crippen LogP contribution in [0.3, 0.4) is 0 Å². The number of carbonyl (C=O) groups excluding carboxylic acids is 2. The predicted molar refractivity (Wildman–Crippen MR) is 272 cm³/mol. The van der Waals surface area contributed by atoms with E-state index in [1.54, 1.807) is 23.2 Å². The van der Waals surface area contributed by atoms with Crippen LogP contribution in [0.4, 0.5) is 0 Å². The molecule has 2 atom stereocenters. The van der Waals surface area contributed by atoms with Gasteiger partial charge in [-0.15, -0.1) is 23.7 Å². The molecule has 4 heterocycles. The van der Waals surface area contributed by atoms with Crippen LogP contribution < -0.4 is 30.0 Å². The molecule has 15 nitrogen and oxygen atoms in total. The summed E-state index contributed by atoms with van der Waals surface area (Å²) in [4.78, 5) is 33.6. The molecule has 374 valence electrons. The van der Waals surface area contributed by atoms with E-state index in [2.05, 4.69) is 52.4 Å². The summed E-state index contributed by atoms with van der Waals surface area (Å²) in [7, 11) is -6.67. The molecule has 0 saturated carbocycles. The van der Waals surface area contributed by atoms with E-state index in [0.717, 1.165) is 76.1 Å². The van der Waals surface area contributed by atoms with Crippen LogP contribution in [0.15, 0.2) is 32.9 Å². The average molecular weight is 1040 g/mol. The number of sulfonamides is 2. The number of nitrogens with two attached hydrogens (primary N) is 1. The monoisotopic (exact) mass is 1030 g/mol. The van der Waals surface area contributed by atoms with E-state index in [-0.39, 0.29) is 48.2 Å². The molecule has 2 aromatic heterocycles. The zero-order valence-electron chi connectivity index (χ0n) is 40.9. The molecule has 0 fully saturated rings. The van der Waals surface area contributed by atoms with Crippen molar-refractivity contribution in [3.63, 3.8) is 0 Å². The number of hydrogen-bond donors (Lipinski definition) is 4. The van der Waals surface area contributed by atoms with Crippen LogP contribution in [0.5, 0.6) is 11.5 Å². The Balaban J connectivity index is 0.000000293. The molecule has 2 aromatic carbocycles. The van der Waals surface area contributed by atoms with Crippen LogP contribution in [0.1, 0.15) is 143 Å². The van der Waals surface area contributed by atoms with Crippen LogP contribution in [0.2, 0.25) is 0 Å². The molecule has 0 bridgehead atoms. The first-order valence-corrected chi connectivity index (χ1v) is 27.6. The number of nitrogens with zero attached hydrogens (tertiary/aromatic N) is 2. The second-order valence-corrected chi connectivity index (χ2v) is 23.9. The Labute approximate surface area is 417 Å². The minimum absolute atomic E-state index is 0. The van der Waals surface area contributed by atoms with Crippen molar-refractivity contribution in [2.24, 2.45) is 5.73 Å². The van der Waals surface area contributed by atoms with Gasteiger partial charge in [0.15, 0.2) is 5.01 Å². The van der Waals surface area contributed by atoms with Gasteiger partial charge in [0.1, 0.15) is 22.7 Å². The number of halogens is 1. The van der Waals surface area contributed by atoms with E-state index < -0.39 is 32.1 Å². The first-order valence-electron chi connectivity index (χ1n) is 22.9. The summed E-state index contributed by atoms with van der Waals surface area (Å²) in [6.07, 6.45) is 9.85. The van der Waals surface area contributed by atoms with Crippen molar-refractivity contribution >= 4 is 73.8 Å². The number of benzene rings is 2. The number of fused-ring (bicyclic) bond motifs is 2. The number of Topliss-reactive ketones (excluding diaryl/α,β-unsaturated/α-hetero) is 2. The molecule has 0 radical (unpaired) electrons. The van der Waals surface area contributed by atoms with Gasteiger partial charge in [-0.3, -0.25) is 4.79 Å². The van der Waals surface area contributed by atoms with Gasteiger partial charge < -0.3 is 15.2 Å². The normalized spacial score (nSPS) is 15.8. The third-order valence-corrected chi connectivity index (χ3v) is 17.7. The van der Waals surface area contributed by atoms with Crippen LogP contribution >= 0.6 is 35.1 Å². The van der Waals surface area contributed by atoms with Crippen LogP contribution in [0, 0.1) is 41.5 Å². The van der Waals surface area contributed by atoms with Crippen molar-refractivity contribution < 1.29 is 40.6 Å². The first kappa shape index (κ1) is 57.1. The summed E-state index contributed by atoms with van der Waals surface area (Å²) in [5.41, 5.74) is 12.1. The first-order chi connectivity index (χ1) is 31.4. The molecule has 6 rings (SSSR count). The predicted octanol–water partition coefficient (Wildman–Crippen LogP) is 7.72. The summed E-state index contributed by atoms with van der Waals surface area (Å²) in [5.74, 6) is 1.33. The molecule has 2 aliphatic heterocycles. The van der Waals surface area contributed by atoms with E-state index in [0.29, 0.717) is 77.6 Å². The van der Waals surface area contributed by atoms with Crippen molar-refractivity contribution in [3.8, 4) is 11.5 Å².